The molecule has 1 saturated heterocycles. The van der Waals surface area contributed by atoms with Crippen molar-refractivity contribution in [2.75, 3.05) is 13.2 Å². The fourth-order valence-corrected chi connectivity index (χ4v) is 3.72. The molecule has 1 heterocycles. The third-order valence-corrected chi connectivity index (χ3v) is 4.89. The van der Waals surface area contributed by atoms with Gasteiger partial charge < -0.3 is 9.47 Å². The van der Waals surface area contributed by atoms with Gasteiger partial charge in [-0.15, -0.1) is 0 Å². The monoisotopic (exact) mass is 328 g/mol. The second-order valence-electron chi connectivity index (χ2n) is 3.55. The van der Waals surface area contributed by atoms with E-state index < -0.39 is 5.79 Å². The highest BCUT2D eigenvalue weighted by Crippen LogP contribution is 2.39. The summed E-state index contributed by atoms with van der Waals surface area (Å²) in [5, 5.41) is 0. The molecule has 1 aliphatic rings. The van der Waals surface area contributed by atoms with Crippen molar-refractivity contribution in [3.63, 3.8) is 0 Å². The van der Waals surface area contributed by atoms with Crippen LogP contribution >= 0.6 is 31.9 Å². The minimum Gasteiger partial charge on any atom is -0.345 e. The Kier molecular flexibility index (Phi) is 5.39. The van der Waals surface area contributed by atoms with Gasteiger partial charge in [-0.25, -0.2) is 0 Å². The average Bonchev–Trinajstić information content (AvgIpc) is 2.67. The summed E-state index contributed by atoms with van der Waals surface area (Å²) in [6, 6.07) is 0. The minimum absolute atomic E-state index is 0.258. The number of rotatable bonds is 5. The predicted octanol–water partition coefficient (Wildman–Crippen LogP) is 3.47. The number of ether oxygens (including phenoxy) is 2. The Balaban J connectivity index is 2.70. The summed E-state index contributed by atoms with van der Waals surface area (Å²) in [5.41, 5.74) is 0. The molecule has 0 radical (unpaired) electrons. The SMILES string of the molecule is CCCC(Br)C1(C(Br)CC)OCCO1. The lowest BCUT2D eigenvalue weighted by Crippen LogP contribution is -2.47. The van der Waals surface area contributed by atoms with Gasteiger partial charge in [-0.05, 0) is 12.8 Å². The van der Waals surface area contributed by atoms with Crippen LogP contribution in [0.25, 0.3) is 0 Å². The van der Waals surface area contributed by atoms with E-state index in [2.05, 4.69) is 45.7 Å². The molecule has 1 rings (SSSR count). The minimum atomic E-state index is -0.454. The average molecular weight is 330 g/mol. The molecule has 0 bridgehead atoms. The Bertz CT molecular complexity index is 170. The smallest absolute Gasteiger partial charge is 0.193 e. The van der Waals surface area contributed by atoms with Crippen molar-refractivity contribution in [3.8, 4) is 0 Å². The lowest BCUT2D eigenvalue weighted by molar-refractivity contribution is -0.155. The molecule has 0 aliphatic carbocycles. The standard InChI is InChI=1S/C10H18Br2O2/c1-3-5-9(12)10(8(11)4-2)13-6-7-14-10/h8-9H,3-7H2,1-2H3. The summed E-state index contributed by atoms with van der Waals surface area (Å²) < 4.78 is 11.6. The van der Waals surface area contributed by atoms with Crippen LogP contribution in [-0.2, 0) is 9.47 Å². The van der Waals surface area contributed by atoms with E-state index in [0.29, 0.717) is 13.2 Å². The van der Waals surface area contributed by atoms with Gasteiger partial charge in [-0.2, -0.15) is 0 Å². The Morgan fingerprint density at radius 2 is 1.71 bits per heavy atom. The quantitative estimate of drug-likeness (QED) is 0.719. The van der Waals surface area contributed by atoms with Crippen LogP contribution in [-0.4, -0.2) is 28.7 Å². The lowest BCUT2D eigenvalue weighted by Gasteiger charge is -2.36. The summed E-state index contributed by atoms with van der Waals surface area (Å²) in [5.74, 6) is -0.454. The van der Waals surface area contributed by atoms with Crippen LogP contribution in [0.5, 0.6) is 0 Å². The van der Waals surface area contributed by atoms with Crippen LogP contribution in [0, 0.1) is 0 Å². The molecule has 0 aromatic carbocycles. The van der Waals surface area contributed by atoms with Gasteiger partial charge in [-0.3, -0.25) is 0 Å². The number of hydrogen-bond acceptors (Lipinski definition) is 2. The normalized spacial score (nSPS) is 24.9. The third-order valence-electron chi connectivity index (χ3n) is 2.51. The molecule has 0 saturated carbocycles. The zero-order valence-electron chi connectivity index (χ0n) is 8.76. The van der Waals surface area contributed by atoms with Gasteiger partial charge >= 0.3 is 0 Å². The highest BCUT2D eigenvalue weighted by molar-refractivity contribution is 9.10. The molecular weight excluding hydrogens is 312 g/mol. The van der Waals surface area contributed by atoms with E-state index in [1.807, 2.05) is 0 Å². The van der Waals surface area contributed by atoms with Crippen molar-refractivity contribution >= 4 is 31.9 Å². The van der Waals surface area contributed by atoms with Crippen molar-refractivity contribution in [2.24, 2.45) is 0 Å². The Labute approximate surface area is 103 Å². The maximum atomic E-state index is 5.79. The summed E-state index contributed by atoms with van der Waals surface area (Å²) in [4.78, 5) is 0.528. The molecule has 84 valence electrons. The van der Waals surface area contributed by atoms with E-state index in [1.165, 1.54) is 0 Å². The second-order valence-corrected chi connectivity index (χ2v) is 5.76. The van der Waals surface area contributed by atoms with Crippen molar-refractivity contribution in [2.45, 2.75) is 48.6 Å². The molecule has 1 fully saturated rings. The first-order valence-corrected chi connectivity index (χ1v) is 7.06. The van der Waals surface area contributed by atoms with Crippen LogP contribution in [0.3, 0.4) is 0 Å². The first-order chi connectivity index (χ1) is 6.67. The van der Waals surface area contributed by atoms with Gasteiger partial charge in [-0.1, -0.05) is 52.1 Å². The largest absolute Gasteiger partial charge is 0.345 e. The summed E-state index contributed by atoms with van der Waals surface area (Å²) in [6.07, 6.45) is 3.21. The van der Waals surface area contributed by atoms with E-state index in [9.17, 15) is 0 Å². The zero-order valence-corrected chi connectivity index (χ0v) is 11.9. The summed E-state index contributed by atoms with van der Waals surface area (Å²) in [6.45, 7) is 5.71. The van der Waals surface area contributed by atoms with Crippen molar-refractivity contribution in [3.05, 3.63) is 0 Å². The highest BCUT2D eigenvalue weighted by Gasteiger charge is 2.47. The van der Waals surface area contributed by atoms with Gasteiger partial charge in [0.2, 0.25) is 0 Å². The first kappa shape index (κ1) is 12.9. The fraction of sp³-hybridized carbons (Fsp3) is 1.00. The van der Waals surface area contributed by atoms with E-state index in [4.69, 9.17) is 9.47 Å². The first-order valence-electron chi connectivity index (χ1n) is 5.23. The molecule has 0 aromatic rings. The van der Waals surface area contributed by atoms with Gasteiger partial charge in [0.15, 0.2) is 5.79 Å². The van der Waals surface area contributed by atoms with Crippen molar-refractivity contribution < 1.29 is 9.47 Å². The molecule has 0 amide bonds. The molecule has 0 aromatic heterocycles. The van der Waals surface area contributed by atoms with E-state index in [-0.39, 0.29) is 9.65 Å². The Morgan fingerprint density at radius 3 is 2.14 bits per heavy atom. The molecule has 2 atom stereocenters. The number of hydrogen-bond donors (Lipinski definition) is 0. The molecule has 14 heavy (non-hydrogen) atoms. The van der Waals surface area contributed by atoms with Gasteiger partial charge in [0.1, 0.15) is 0 Å². The molecular formula is C10H18Br2O2. The van der Waals surface area contributed by atoms with E-state index in [0.717, 1.165) is 19.3 Å². The lowest BCUT2D eigenvalue weighted by atomic mass is 10.0. The Morgan fingerprint density at radius 1 is 1.14 bits per heavy atom. The number of alkyl halides is 2. The molecule has 4 heteroatoms. The van der Waals surface area contributed by atoms with Gasteiger partial charge in [0, 0.05) is 0 Å². The van der Waals surface area contributed by atoms with Crippen LogP contribution in [0.1, 0.15) is 33.1 Å². The van der Waals surface area contributed by atoms with Crippen LogP contribution in [0.2, 0.25) is 0 Å². The second kappa shape index (κ2) is 5.83. The molecule has 0 N–H and O–H groups in total. The van der Waals surface area contributed by atoms with E-state index >= 15 is 0 Å². The third kappa shape index (κ3) is 2.52. The molecule has 1 aliphatic heterocycles. The van der Waals surface area contributed by atoms with Crippen LogP contribution in [0.15, 0.2) is 0 Å². The highest BCUT2D eigenvalue weighted by atomic mass is 79.9. The van der Waals surface area contributed by atoms with Crippen molar-refractivity contribution in [1.82, 2.24) is 0 Å². The predicted molar refractivity (Wildman–Crippen MR) is 65.3 cm³/mol. The number of halogens is 2. The molecule has 0 spiro atoms. The van der Waals surface area contributed by atoms with Crippen LogP contribution in [0.4, 0.5) is 0 Å². The summed E-state index contributed by atoms with van der Waals surface area (Å²) >= 11 is 7.33. The molecule has 2 unspecified atom stereocenters. The maximum Gasteiger partial charge on any atom is 0.193 e. The van der Waals surface area contributed by atoms with Gasteiger partial charge in [0.05, 0.1) is 22.9 Å². The summed E-state index contributed by atoms with van der Waals surface area (Å²) in [7, 11) is 0. The topological polar surface area (TPSA) is 18.5 Å². The van der Waals surface area contributed by atoms with Gasteiger partial charge in [0.25, 0.3) is 0 Å². The van der Waals surface area contributed by atoms with E-state index in [1.54, 1.807) is 0 Å². The van der Waals surface area contributed by atoms with Crippen molar-refractivity contribution in [1.29, 1.82) is 0 Å². The Hall–Kier alpha value is 0.880. The zero-order chi connectivity index (χ0) is 10.6. The maximum absolute atomic E-state index is 5.79. The fourth-order valence-electron chi connectivity index (χ4n) is 1.74. The molecule has 2 nitrogen and oxygen atoms in total. The van der Waals surface area contributed by atoms with Crippen LogP contribution < -0.4 is 0 Å².